The van der Waals surface area contributed by atoms with Crippen LogP contribution in [0.15, 0.2) is 42.6 Å². The summed E-state index contributed by atoms with van der Waals surface area (Å²) in [6, 6.07) is 12.2. The van der Waals surface area contributed by atoms with Crippen LogP contribution in [0, 0.1) is 0 Å². The van der Waals surface area contributed by atoms with Crippen molar-refractivity contribution in [2.45, 2.75) is 31.2 Å². The van der Waals surface area contributed by atoms with Crippen LogP contribution < -0.4 is 10.5 Å². The van der Waals surface area contributed by atoms with Crippen LogP contribution in [-0.4, -0.2) is 12.1 Å². The zero-order valence-electron chi connectivity index (χ0n) is 12.0. The van der Waals surface area contributed by atoms with Crippen molar-refractivity contribution in [2.75, 3.05) is 7.11 Å². The van der Waals surface area contributed by atoms with Crippen LogP contribution in [-0.2, 0) is 12.0 Å². The number of pyridine rings is 1. The van der Waals surface area contributed by atoms with Crippen molar-refractivity contribution >= 4 is 0 Å². The molecule has 0 aliphatic heterocycles. The van der Waals surface area contributed by atoms with Crippen molar-refractivity contribution in [3.8, 4) is 5.75 Å². The first kappa shape index (κ1) is 13.1. The van der Waals surface area contributed by atoms with Crippen LogP contribution in [0.1, 0.15) is 36.1 Å². The highest BCUT2D eigenvalue weighted by Crippen LogP contribution is 2.43. The number of benzene rings is 1. The number of hydrogen-bond acceptors (Lipinski definition) is 3. The summed E-state index contributed by atoms with van der Waals surface area (Å²) in [4.78, 5) is 4.56. The van der Waals surface area contributed by atoms with Crippen LogP contribution in [0.3, 0.4) is 0 Å². The molecule has 104 valence electrons. The van der Waals surface area contributed by atoms with Crippen LogP contribution in [0.5, 0.6) is 5.75 Å². The maximum Gasteiger partial charge on any atom is 0.118 e. The first-order chi connectivity index (χ1) is 9.63. The van der Waals surface area contributed by atoms with Gasteiger partial charge in [-0.1, -0.05) is 18.2 Å². The Bertz CT molecular complexity index is 605. The maximum absolute atomic E-state index is 6.67. The minimum absolute atomic E-state index is 0.270. The number of fused-ring (bicyclic) bond motifs is 1. The molecule has 1 aliphatic rings. The first-order valence-corrected chi connectivity index (χ1v) is 7.00. The molecular formula is C17H20N2O. The van der Waals surface area contributed by atoms with Crippen molar-refractivity contribution in [1.29, 1.82) is 0 Å². The van der Waals surface area contributed by atoms with Crippen LogP contribution >= 0.6 is 0 Å². The quantitative estimate of drug-likeness (QED) is 0.931. The Hall–Kier alpha value is -1.87. The monoisotopic (exact) mass is 268 g/mol. The van der Waals surface area contributed by atoms with Gasteiger partial charge in [0.1, 0.15) is 5.75 Å². The van der Waals surface area contributed by atoms with Gasteiger partial charge in [0.25, 0.3) is 0 Å². The third-order valence-electron chi connectivity index (χ3n) is 4.39. The molecule has 1 aromatic heterocycles. The highest BCUT2D eigenvalue weighted by Gasteiger charge is 2.38. The van der Waals surface area contributed by atoms with Crippen molar-refractivity contribution in [2.24, 2.45) is 5.73 Å². The van der Waals surface area contributed by atoms with E-state index in [1.807, 2.05) is 24.4 Å². The highest BCUT2D eigenvalue weighted by atomic mass is 16.5. The molecule has 0 fully saturated rings. The van der Waals surface area contributed by atoms with E-state index in [2.05, 4.69) is 30.1 Å². The number of methoxy groups -OCH3 is 1. The van der Waals surface area contributed by atoms with E-state index in [0.29, 0.717) is 0 Å². The predicted octanol–water partition coefficient (Wildman–Crippen LogP) is 2.99. The summed E-state index contributed by atoms with van der Waals surface area (Å²) >= 11 is 0. The molecule has 0 radical (unpaired) electrons. The van der Waals surface area contributed by atoms with E-state index in [1.54, 1.807) is 7.11 Å². The van der Waals surface area contributed by atoms with Gasteiger partial charge >= 0.3 is 0 Å². The summed E-state index contributed by atoms with van der Waals surface area (Å²) in [6.45, 7) is 2.10. The lowest BCUT2D eigenvalue weighted by atomic mass is 9.79. The second-order valence-electron chi connectivity index (χ2n) is 5.65. The molecule has 3 nitrogen and oxygen atoms in total. The van der Waals surface area contributed by atoms with E-state index in [0.717, 1.165) is 29.8 Å². The number of ether oxygens (including phenoxy) is 1. The van der Waals surface area contributed by atoms with Gasteiger partial charge in [-0.05, 0) is 49.1 Å². The molecule has 2 unspecified atom stereocenters. The topological polar surface area (TPSA) is 48.1 Å². The molecule has 3 rings (SSSR count). The SMILES string of the molecule is COc1ccc(C(C)(N)C2CCc3cccnc32)cc1. The van der Waals surface area contributed by atoms with Gasteiger partial charge in [0, 0.05) is 23.3 Å². The predicted molar refractivity (Wildman–Crippen MR) is 79.8 cm³/mol. The lowest BCUT2D eigenvalue weighted by Crippen LogP contribution is -2.39. The van der Waals surface area contributed by atoms with E-state index in [4.69, 9.17) is 10.5 Å². The Morgan fingerprint density at radius 1 is 1.25 bits per heavy atom. The van der Waals surface area contributed by atoms with E-state index in [1.165, 1.54) is 5.56 Å². The van der Waals surface area contributed by atoms with Crippen molar-refractivity contribution in [1.82, 2.24) is 4.98 Å². The molecule has 2 aromatic rings. The van der Waals surface area contributed by atoms with Gasteiger partial charge in [0.2, 0.25) is 0 Å². The fourth-order valence-electron chi connectivity index (χ4n) is 3.15. The van der Waals surface area contributed by atoms with E-state index < -0.39 is 5.54 Å². The van der Waals surface area contributed by atoms with Crippen LogP contribution in [0.2, 0.25) is 0 Å². The molecule has 3 heteroatoms. The fraction of sp³-hybridized carbons (Fsp3) is 0.353. The van der Waals surface area contributed by atoms with E-state index in [-0.39, 0.29) is 5.92 Å². The van der Waals surface area contributed by atoms with Gasteiger partial charge in [-0.2, -0.15) is 0 Å². The largest absolute Gasteiger partial charge is 0.497 e. The molecule has 0 amide bonds. The Labute approximate surface area is 119 Å². The minimum Gasteiger partial charge on any atom is -0.497 e. The molecule has 0 saturated heterocycles. The third-order valence-corrected chi connectivity index (χ3v) is 4.39. The molecule has 0 bridgehead atoms. The van der Waals surface area contributed by atoms with Gasteiger partial charge in [-0.15, -0.1) is 0 Å². The number of nitrogens with zero attached hydrogens (tertiary/aromatic N) is 1. The summed E-state index contributed by atoms with van der Waals surface area (Å²) in [5, 5.41) is 0. The summed E-state index contributed by atoms with van der Waals surface area (Å²) in [6.07, 6.45) is 3.99. The molecule has 1 heterocycles. The molecule has 1 aliphatic carbocycles. The Morgan fingerprint density at radius 2 is 2.00 bits per heavy atom. The average Bonchev–Trinajstić information content (AvgIpc) is 2.92. The Morgan fingerprint density at radius 3 is 2.70 bits per heavy atom. The average molecular weight is 268 g/mol. The minimum atomic E-state index is -0.411. The molecule has 2 atom stereocenters. The lowest BCUT2D eigenvalue weighted by Gasteiger charge is -2.32. The second kappa shape index (κ2) is 4.91. The summed E-state index contributed by atoms with van der Waals surface area (Å²) in [7, 11) is 1.67. The van der Waals surface area contributed by atoms with E-state index in [9.17, 15) is 0 Å². The molecule has 20 heavy (non-hydrogen) atoms. The number of rotatable bonds is 3. The molecule has 0 saturated carbocycles. The van der Waals surface area contributed by atoms with E-state index >= 15 is 0 Å². The Kier molecular flexibility index (Phi) is 3.22. The van der Waals surface area contributed by atoms with Crippen molar-refractivity contribution in [3.05, 3.63) is 59.4 Å². The Balaban J connectivity index is 1.96. The molecular weight excluding hydrogens is 248 g/mol. The molecule has 0 spiro atoms. The van der Waals surface area contributed by atoms with Gasteiger partial charge in [-0.3, -0.25) is 4.98 Å². The first-order valence-electron chi connectivity index (χ1n) is 7.00. The van der Waals surface area contributed by atoms with Crippen LogP contribution in [0.25, 0.3) is 0 Å². The maximum atomic E-state index is 6.67. The number of hydrogen-bond donors (Lipinski definition) is 1. The van der Waals surface area contributed by atoms with Gasteiger partial charge < -0.3 is 10.5 Å². The van der Waals surface area contributed by atoms with Crippen molar-refractivity contribution in [3.63, 3.8) is 0 Å². The molecule has 2 N–H and O–H groups in total. The number of aromatic nitrogens is 1. The zero-order chi connectivity index (χ0) is 14.2. The highest BCUT2D eigenvalue weighted by molar-refractivity contribution is 5.38. The number of nitrogens with two attached hydrogens (primary N) is 1. The number of aryl methyl sites for hydroxylation is 1. The standard InChI is InChI=1S/C17H20N2O/c1-17(18,13-6-8-14(20-2)9-7-13)15-10-5-12-4-3-11-19-16(12)15/h3-4,6-9,11,15H,5,10,18H2,1-2H3. The fourth-order valence-corrected chi connectivity index (χ4v) is 3.15. The summed E-state index contributed by atoms with van der Waals surface area (Å²) in [5.41, 5.74) is 9.88. The van der Waals surface area contributed by atoms with Crippen LogP contribution in [0.4, 0.5) is 0 Å². The normalized spacial score (nSPS) is 20.2. The summed E-state index contributed by atoms with van der Waals surface area (Å²) < 4.78 is 5.21. The molecule has 1 aromatic carbocycles. The second-order valence-corrected chi connectivity index (χ2v) is 5.65. The van der Waals surface area contributed by atoms with Crippen molar-refractivity contribution < 1.29 is 4.74 Å². The summed E-state index contributed by atoms with van der Waals surface area (Å²) in [5.74, 6) is 1.13. The van der Waals surface area contributed by atoms with Gasteiger partial charge in [0.15, 0.2) is 0 Å². The van der Waals surface area contributed by atoms with Gasteiger partial charge in [0.05, 0.1) is 7.11 Å². The smallest absolute Gasteiger partial charge is 0.118 e. The lowest BCUT2D eigenvalue weighted by molar-refractivity contribution is 0.379. The third kappa shape index (κ3) is 2.08. The van der Waals surface area contributed by atoms with Gasteiger partial charge in [-0.25, -0.2) is 0 Å². The zero-order valence-corrected chi connectivity index (χ0v) is 12.0.